The number of carboxylic acids is 3. The lowest BCUT2D eigenvalue weighted by Gasteiger charge is -2.34. The molecule has 0 aromatic carbocycles. The van der Waals surface area contributed by atoms with Gasteiger partial charge in [-0.05, 0) is 6.92 Å². The average molecular weight is 431 g/mol. The van der Waals surface area contributed by atoms with Gasteiger partial charge >= 0.3 is 17.9 Å². The fourth-order valence-electron chi connectivity index (χ4n) is 3.24. The van der Waals surface area contributed by atoms with Gasteiger partial charge < -0.3 is 20.6 Å². The summed E-state index contributed by atoms with van der Waals surface area (Å²) in [6.07, 6.45) is 0. The molecule has 1 rings (SSSR count). The van der Waals surface area contributed by atoms with E-state index in [1.165, 1.54) is 7.05 Å². The zero-order chi connectivity index (χ0) is 22.7. The first-order chi connectivity index (χ1) is 14.1. The topological polar surface area (TPSA) is 154 Å². The van der Waals surface area contributed by atoms with Crippen LogP contribution in [-0.4, -0.2) is 144 Å². The fourth-order valence-corrected chi connectivity index (χ4v) is 3.24. The van der Waals surface area contributed by atoms with Crippen LogP contribution < -0.4 is 5.32 Å². The number of amides is 1. The van der Waals surface area contributed by atoms with Crippen LogP contribution in [0.25, 0.3) is 0 Å². The lowest BCUT2D eigenvalue weighted by atomic mass is 10.2. The van der Waals surface area contributed by atoms with Crippen LogP contribution in [-0.2, 0) is 19.2 Å². The third-order valence-corrected chi connectivity index (χ3v) is 5.14. The van der Waals surface area contributed by atoms with Gasteiger partial charge in [-0.1, -0.05) is 0 Å². The normalized spacial score (nSPS) is 19.9. The quantitative estimate of drug-likeness (QED) is 0.325. The van der Waals surface area contributed by atoms with Crippen LogP contribution in [0, 0.1) is 0 Å². The molecule has 0 spiro atoms. The van der Waals surface area contributed by atoms with Crippen molar-refractivity contribution in [3.63, 3.8) is 0 Å². The first kappa shape index (κ1) is 25.8. The van der Waals surface area contributed by atoms with Crippen molar-refractivity contribution in [2.75, 3.05) is 79.0 Å². The van der Waals surface area contributed by atoms with Crippen LogP contribution in [0.4, 0.5) is 0 Å². The highest BCUT2D eigenvalue weighted by Gasteiger charge is 2.24. The van der Waals surface area contributed by atoms with Crippen LogP contribution in [0.15, 0.2) is 0 Å². The van der Waals surface area contributed by atoms with Gasteiger partial charge in [0, 0.05) is 59.4 Å². The van der Waals surface area contributed by atoms with E-state index in [-0.39, 0.29) is 25.5 Å². The Hall–Kier alpha value is -2.28. The zero-order valence-corrected chi connectivity index (χ0v) is 17.6. The standard InChI is InChI=1S/C18H33N5O7/c1-14(18(29)30)23-9-7-20(11-15(24)19-2)3-4-21(12-16(25)26)5-6-22(8-10-23)13-17(27)28/h14H,3-13H2,1-2H3,(H,19,24)(H,25,26)(H,27,28)(H,29,30). The molecule has 0 aromatic heterocycles. The Morgan fingerprint density at radius 2 is 1.10 bits per heavy atom. The lowest BCUT2D eigenvalue weighted by molar-refractivity contribution is -0.143. The monoisotopic (exact) mass is 431 g/mol. The molecule has 1 atom stereocenters. The predicted octanol–water partition coefficient (Wildman–Crippen LogP) is -2.40. The molecule has 1 heterocycles. The van der Waals surface area contributed by atoms with Gasteiger partial charge in [-0.15, -0.1) is 0 Å². The van der Waals surface area contributed by atoms with Gasteiger partial charge in [-0.25, -0.2) is 0 Å². The number of nitrogens with zero attached hydrogens (tertiary/aromatic N) is 4. The van der Waals surface area contributed by atoms with Crippen LogP contribution in [0.2, 0.25) is 0 Å². The maximum atomic E-state index is 11.9. The van der Waals surface area contributed by atoms with Gasteiger partial charge in [-0.2, -0.15) is 0 Å². The number of hydrogen-bond donors (Lipinski definition) is 4. The van der Waals surface area contributed by atoms with Gasteiger partial charge in [0.1, 0.15) is 6.04 Å². The van der Waals surface area contributed by atoms with Gasteiger partial charge in [-0.3, -0.25) is 38.8 Å². The Balaban J connectivity index is 3.00. The summed E-state index contributed by atoms with van der Waals surface area (Å²) in [5, 5.41) is 30.3. The second-order valence-corrected chi connectivity index (χ2v) is 7.34. The number of carbonyl (C=O) groups is 4. The molecule has 1 amide bonds. The number of likely N-dealkylation sites (N-methyl/N-ethyl adjacent to an activating group) is 1. The molecule has 0 radical (unpaired) electrons. The third-order valence-electron chi connectivity index (χ3n) is 5.14. The molecular weight excluding hydrogens is 398 g/mol. The van der Waals surface area contributed by atoms with E-state index in [9.17, 15) is 29.4 Å². The van der Waals surface area contributed by atoms with Crippen molar-refractivity contribution in [3.8, 4) is 0 Å². The van der Waals surface area contributed by atoms with Crippen LogP contribution in [0.5, 0.6) is 0 Å². The summed E-state index contributed by atoms with van der Waals surface area (Å²) in [5.74, 6) is -3.14. The number of aliphatic carboxylic acids is 3. The van der Waals surface area contributed by atoms with Crippen molar-refractivity contribution in [2.45, 2.75) is 13.0 Å². The number of carboxylic acid groups (broad SMARTS) is 3. The van der Waals surface area contributed by atoms with Gasteiger partial charge in [0.2, 0.25) is 5.91 Å². The van der Waals surface area contributed by atoms with Crippen LogP contribution in [0.1, 0.15) is 6.92 Å². The first-order valence-corrected chi connectivity index (χ1v) is 9.90. The van der Waals surface area contributed by atoms with Crippen molar-refractivity contribution >= 4 is 23.8 Å². The summed E-state index contributed by atoms with van der Waals surface area (Å²) in [7, 11) is 1.53. The van der Waals surface area contributed by atoms with Crippen LogP contribution >= 0.6 is 0 Å². The minimum atomic E-state index is -0.999. The molecule has 1 fully saturated rings. The molecule has 12 heteroatoms. The van der Waals surface area contributed by atoms with E-state index >= 15 is 0 Å². The molecule has 30 heavy (non-hydrogen) atoms. The molecule has 0 aromatic rings. The Kier molecular flexibility index (Phi) is 11.3. The highest BCUT2D eigenvalue weighted by molar-refractivity contribution is 5.77. The molecule has 1 aliphatic rings. The lowest BCUT2D eigenvalue weighted by Crippen LogP contribution is -2.51. The summed E-state index contributed by atoms with van der Waals surface area (Å²) in [4.78, 5) is 52.8. The molecule has 172 valence electrons. The van der Waals surface area contributed by atoms with E-state index in [1.807, 2.05) is 4.90 Å². The SMILES string of the molecule is CNC(=O)CN1CCN(CC(=O)O)CCN(CC(=O)O)CCN(C(C)C(=O)O)CC1. The molecular formula is C18H33N5O7. The summed E-state index contributed by atoms with van der Waals surface area (Å²) in [6.45, 7) is 4.28. The molecule has 4 N–H and O–H groups in total. The van der Waals surface area contributed by atoms with E-state index in [0.29, 0.717) is 52.4 Å². The number of rotatable bonds is 8. The van der Waals surface area contributed by atoms with Gasteiger partial charge in [0.05, 0.1) is 19.6 Å². The second kappa shape index (κ2) is 13.1. The first-order valence-electron chi connectivity index (χ1n) is 9.90. The molecule has 0 aliphatic carbocycles. The summed E-state index contributed by atoms with van der Waals surface area (Å²) < 4.78 is 0. The zero-order valence-electron chi connectivity index (χ0n) is 17.6. The summed E-state index contributed by atoms with van der Waals surface area (Å²) in [6, 6.07) is -0.759. The average Bonchev–Trinajstić information content (AvgIpc) is 2.66. The Morgan fingerprint density at radius 3 is 1.43 bits per heavy atom. The smallest absolute Gasteiger partial charge is 0.320 e. The van der Waals surface area contributed by atoms with Crippen molar-refractivity contribution < 1.29 is 34.5 Å². The number of hydrogen-bond acceptors (Lipinski definition) is 8. The van der Waals surface area contributed by atoms with Crippen molar-refractivity contribution in [1.29, 1.82) is 0 Å². The minimum absolute atomic E-state index is 0.123. The summed E-state index contributed by atoms with van der Waals surface area (Å²) >= 11 is 0. The predicted molar refractivity (Wildman–Crippen MR) is 107 cm³/mol. The highest BCUT2D eigenvalue weighted by atomic mass is 16.4. The van der Waals surface area contributed by atoms with Gasteiger partial charge in [0.25, 0.3) is 0 Å². The second-order valence-electron chi connectivity index (χ2n) is 7.34. The number of carbonyl (C=O) groups excluding carboxylic acids is 1. The minimum Gasteiger partial charge on any atom is -0.480 e. The van der Waals surface area contributed by atoms with E-state index in [4.69, 9.17) is 5.11 Å². The van der Waals surface area contributed by atoms with Crippen molar-refractivity contribution in [3.05, 3.63) is 0 Å². The molecule has 0 saturated carbocycles. The maximum absolute atomic E-state index is 11.9. The van der Waals surface area contributed by atoms with E-state index in [2.05, 4.69) is 5.32 Å². The Labute approximate surface area is 176 Å². The highest BCUT2D eigenvalue weighted by Crippen LogP contribution is 2.05. The van der Waals surface area contributed by atoms with E-state index in [0.717, 1.165) is 0 Å². The van der Waals surface area contributed by atoms with Crippen LogP contribution in [0.3, 0.4) is 0 Å². The Bertz CT molecular complexity index is 603. The molecule has 12 nitrogen and oxygen atoms in total. The maximum Gasteiger partial charge on any atom is 0.320 e. The third kappa shape index (κ3) is 9.96. The molecule has 1 saturated heterocycles. The van der Waals surface area contributed by atoms with E-state index < -0.39 is 23.9 Å². The molecule has 1 aliphatic heterocycles. The summed E-state index contributed by atoms with van der Waals surface area (Å²) in [5.41, 5.74) is 0. The largest absolute Gasteiger partial charge is 0.480 e. The van der Waals surface area contributed by atoms with E-state index in [1.54, 1.807) is 21.6 Å². The molecule has 1 unspecified atom stereocenters. The van der Waals surface area contributed by atoms with Gasteiger partial charge in [0.15, 0.2) is 0 Å². The number of nitrogens with one attached hydrogen (secondary N) is 1. The van der Waals surface area contributed by atoms with Crippen molar-refractivity contribution in [2.24, 2.45) is 0 Å². The molecule has 0 bridgehead atoms. The Morgan fingerprint density at radius 1 is 0.733 bits per heavy atom. The fraction of sp³-hybridized carbons (Fsp3) is 0.778. The van der Waals surface area contributed by atoms with Crippen molar-refractivity contribution in [1.82, 2.24) is 24.9 Å².